The summed E-state index contributed by atoms with van der Waals surface area (Å²) in [5.74, 6) is -1.00. The number of pyridine rings is 1. The van der Waals surface area contributed by atoms with E-state index in [1.807, 2.05) is 0 Å². The van der Waals surface area contributed by atoms with E-state index in [9.17, 15) is 18.3 Å². The summed E-state index contributed by atoms with van der Waals surface area (Å²) < 4.78 is 43.4. The Balaban J connectivity index is 2.48. The lowest BCUT2D eigenvalue weighted by Gasteiger charge is -2.14. The summed E-state index contributed by atoms with van der Waals surface area (Å²) in [7, 11) is 0. The number of alkyl halides is 3. The Bertz CT molecular complexity index is 602. The molecule has 3 nitrogen and oxygen atoms in total. The number of phenols is 1. The zero-order chi connectivity index (χ0) is 14.0. The van der Waals surface area contributed by atoms with E-state index in [1.165, 1.54) is 24.3 Å². The van der Waals surface area contributed by atoms with Crippen LogP contribution in [0.1, 0.15) is 5.56 Å². The smallest absolute Gasteiger partial charge is 0.421 e. The minimum absolute atomic E-state index is 0.124. The van der Waals surface area contributed by atoms with Crippen molar-refractivity contribution in [1.29, 1.82) is 0 Å². The van der Waals surface area contributed by atoms with Crippen LogP contribution in [0.2, 0.25) is 5.02 Å². The summed E-state index contributed by atoms with van der Waals surface area (Å²) in [5.41, 5.74) is -1.11. The summed E-state index contributed by atoms with van der Waals surface area (Å²) in [6.07, 6.45) is -3.01. The van der Waals surface area contributed by atoms with Gasteiger partial charge in [-0.2, -0.15) is 13.2 Å². The molecule has 7 heteroatoms. The topological polar surface area (TPSA) is 42.4 Å². The van der Waals surface area contributed by atoms with Crippen LogP contribution in [0.5, 0.6) is 17.2 Å². The number of phenolic OH excluding ortho intramolecular Hbond substituents is 1. The zero-order valence-corrected chi connectivity index (χ0v) is 10.0. The molecule has 19 heavy (non-hydrogen) atoms. The van der Waals surface area contributed by atoms with Crippen molar-refractivity contribution in [2.24, 2.45) is 0 Å². The summed E-state index contributed by atoms with van der Waals surface area (Å²) in [5, 5.41) is 9.20. The fourth-order valence-corrected chi connectivity index (χ4v) is 1.58. The van der Waals surface area contributed by atoms with Crippen LogP contribution in [-0.2, 0) is 6.18 Å². The molecule has 0 atom stereocenters. The molecule has 0 aliphatic carbocycles. The van der Waals surface area contributed by atoms with E-state index in [-0.39, 0.29) is 16.5 Å². The molecule has 100 valence electrons. The molecule has 1 aromatic carbocycles. The predicted octanol–water partition coefficient (Wildman–Crippen LogP) is 4.25. The lowest BCUT2D eigenvalue weighted by atomic mass is 10.2. The highest BCUT2D eigenvalue weighted by Crippen LogP contribution is 2.42. The quantitative estimate of drug-likeness (QED) is 0.898. The van der Waals surface area contributed by atoms with Crippen LogP contribution in [0.25, 0.3) is 0 Å². The number of aromatic nitrogens is 1. The van der Waals surface area contributed by atoms with Gasteiger partial charge in [0.1, 0.15) is 10.6 Å². The maximum atomic E-state index is 12.8. The SMILES string of the molecule is Oc1ccccc1Oc1c(Cl)cncc1C(F)(F)F. The first-order valence-corrected chi connectivity index (χ1v) is 5.44. The van der Waals surface area contributed by atoms with Crippen molar-refractivity contribution in [2.45, 2.75) is 6.18 Å². The van der Waals surface area contributed by atoms with Gasteiger partial charge in [-0.25, -0.2) is 0 Å². The Labute approximate surface area is 111 Å². The van der Waals surface area contributed by atoms with Crippen molar-refractivity contribution in [1.82, 2.24) is 4.98 Å². The van der Waals surface area contributed by atoms with Crippen LogP contribution in [0.15, 0.2) is 36.7 Å². The number of hydrogen-bond acceptors (Lipinski definition) is 3. The lowest BCUT2D eigenvalue weighted by Crippen LogP contribution is -2.08. The Morgan fingerprint density at radius 3 is 2.47 bits per heavy atom. The molecule has 0 aliphatic heterocycles. The van der Waals surface area contributed by atoms with Gasteiger partial charge in [0.05, 0.1) is 0 Å². The Hall–Kier alpha value is -1.95. The van der Waals surface area contributed by atoms with Crippen LogP contribution in [0.4, 0.5) is 13.2 Å². The third-order valence-electron chi connectivity index (χ3n) is 2.24. The second-order valence-electron chi connectivity index (χ2n) is 3.57. The molecule has 2 aromatic rings. The minimum atomic E-state index is -4.66. The Morgan fingerprint density at radius 1 is 1.16 bits per heavy atom. The van der Waals surface area contributed by atoms with E-state index in [0.717, 1.165) is 6.20 Å². The zero-order valence-electron chi connectivity index (χ0n) is 9.28. The average molecular weight is 290 g/mol. The fraction of sp³-hybridized carbons (Fsp3) is 0.0833. The van der Waals surface area contributed by atoms with Crippen molar-refractivity contribution in [3.63, 3.8) is 0 Å². The fourth-order valence-electron chi connectivity index (χ4n) is 1.38. The molecule has 1 aromatic heterocycles. The summed E-state index contributed by atoms with van der Waals surface area (Å²) in [4.78, 5) is 3.38. The van der Waals surface area contributed by atoms with Crippen molar-refractivity contribution in [3.05, 3.63) is 47.2 Å². The van der Waals surface area contributed by atoms with Gasteiger partial charge in [-0.3, -0.25) is 4.98 Å². The molecular weight excluding hydrogens is 283 g/mol. The van der Waals surface area contributed by atoms with Crippen LogP contribution in [0, 0.1) is 0 Å². The molecule has 1 heterocycles. The summed E-state index contributed by atoms with van der Waals surface area (Å²) in [6, 6.07) is 5.64. The highest BCUT2D eigenvalue weighted by atomic mass is 35.5. The number of ether oxygens (including phenoxy) is 1. The summed E-state index contributed by atoms with van der Waals surface area (Å²) >= 11 is 5.67. The number of hydrogen-bond donors (Lipinski definition) is 1. The molecule has 0 amide bonds. The van der Waals surface area contributed by atoms with Crippen molar-refractivity contribution in [2.75, 3.05) is 0 Å². The van der Waals surface area contributed by atoms with E-state index in [2.05, 4.69) is 4.98 Å². The van der Waals surface area contributed by atoms with Crippen LogP contribution >= 0.6 is 11.6 Å². The third-order valence-corrected chi connectivity index (χ3v) is 2.50. The number of benzene rings is 1. The van der Waals surface area contributed by atoms with Gasteiger partial charge in [0.25, 0.3) is 0 Å². The van der Waals surface area contributed by atoms with Gasteiger partial charge >= 0.3 is 6.18 Å². The van der Waals surface area contributed by atoms with E-state index < -0.39 is 17.5 Å². The number of para-hydroxylation sites is 2. The van der Waals surface area contributed by atoms with Gasteiger partial charge in [-0.15, -0.1) is 0 Å². The Kier molecular flexibility index (Phi) is 3.53. The maximum Gasteiger partial charge on any atom is 0.421 e. The molecule has 0 radical (unpaired) electrons. The molecule has 1 N–H and O–H groups in total. The van der Waals surface area contributed by atoms with Crippen molar-refractivity contribution >= 4 is 11.6 Å². The first-order chi connectivity index (χ1) is 8.89. The first kappa shape index (κ1) is 13.5. The van der Waals surface area contributed by atoms with Crippen LogP contribution in [0.3, 0.4) is 0 Å². The van der Waals surface area contributed by atoms with E-state index in [0.29, 0.717) is 6.20 Å². The second kappa shape index (κ2) is 4.97. The molecule has 0 unspecified atom stereocenters. The highest BCUT2D eigenvalue weighted by molar-refractivity contribution is 6.32. The van der Waals surface area contributed by atoms with Gasteiger partial charge in [0, 0.05) is 12.4 Å². The van der Waals surface area contributed by atoms with Gasteiger partial charge in [0.15, 0.2) is 17.2 Å². The Morgan fingerprint density at radius 2 is 1.84 bits per heavy atom. The molecule has 0 aliphatic rings. The van der Waals surface area contributed by atoms with Crippen LogP contribution < -0.4 is 4.74 Å². The van der Waals surface area contributed by atoms with E-state index in [4.69, 9.17) is 16.3 Å². The number of rotatable bonds is 2. The molecular formula is C12H7ClF3NO2. The summed E-state index contributed by atoms with van der Waals surface area (Å²) in [6.45, 7) is 0. The van der Waals surface area contributed by atoms with Gasteiger partial charge < -0.3 is 9.84 Å². The largest absolute Gasteiger partial charge is 0.504 e. The van der Waals surface area contributed by atoms with Gasteiger partial charge in [-0.1, -0.05) is 23.7 Å². The highest BCUT2D eigenvalue weighted by Gasteiger charge is 2.36. The molecule has 0 saturated heterocycles. The lowest BCUT2D eigenvalue weighted by molar-refractivity contribution is -0.138. The molecule has 0 bridgehead atoms. The van der Waals surface area contributed by atoms with Crippen molar-refractivity contribution < 1.29 is 23.0 Å². The van der Waals surface area contributed by atoms with Gasteiger partial charge in [-0.05, 0) is 12.1 Å². The van der Waals surface area contributed by atoms with Crippen molar-refractivity contribution in [3.8, 4) is 17.2 Å². The number of nitrogens with zero attached hydrogens (tertiary/aromatic N) is 1. The monoisotopic (exact) mass is 289 g/mol. The number of aromatic hydroxyl groups is 1. The standard InChI is InChI=1S/C12H7ClF3NO2/c13-8-6-17-5-7(12(14,15)16)11(8)19-10-4-2-1-3-9(10)18/h1-6,18H. The van der Waals surface area contributed by atoms with Gasteiger partial charge in [0.2, 0.25) is 0 Å². The van der Waals surface area contributed by atoms with E-state index >= 15 is 0 Å². The molecule has 2 rings (SSSR count). The second-order valence-corrected chi connectivity index (χ2v) is 3.97. The predicted molar refractivity (Wildman–Crippen MR) is 62.4 cm³/mol. The molecule has 0 fully saturated rings. The third kappa shape index (κ3) is 2.90. The van der Waals surface area contributed by atoms with E-state index in [1.54, 1.807) is 0 Å². The maximum absolute atomic E-state index is 12.8. The first-order valence-electron chi connectivity index (χ1n) is 5.06. The normalized spacial score (nSPS) is 11.4. The minimum Gasteiger partial charge on any atom is -0.504 e. The molecule has 0 saturated carbocycles. The molecule has 0 spiro atoms. The van der Waals surface area contributed by atoms with Crippen LogP contribution in [-0.4, -0.2) is 10.1 Å². The average Bonchev–Trinajstić information content (AvgIpc) is 2.33. The number of halogens is 4.